The number of carbonyl (C=O) groups is 2. The fourth-order valence-electron chi connectivity index (χ4n) is 4.40. The molecule has 35 heavy (non-hydrogen) atoms. The molecule has 0 bridgehead atoms. The number of aliphatic hydroxyl groups excluding tert-OH is 2. The van der Waals surface area contributed by atoms with Gasteiger partial charge in [0.25, 0.3) is 0 Å². The van der Waals surface area contributed by atoms with Gasteiger partial charge in [-0.3, -0.25) is 4.79 Å². The van der Waals surface area contributed by atoms with Crippen molar-refractivity contribution in [2.45, 2.75) is 31.5 Å². The maximum Gasteiger partial charge on any atom is 0.407 e. The van der Waals surface area contributed by atoms with Crippen LogP contribution >= 0.6 is 0 Å². The monoisotopic (exact) mass is 481 g/mol. The minimum absolute atomic E-state index is 0.0583. The Hall–Kier alpha value is -3.62. The van der Waals surface area contributed by atoms with Crippen LogP contribution in [0.1, 0.15) is 52.4 Å². The van der Waals surface area contributed by atoms with Gasteiger partial charge < -0.3 is 20.3 Å². The maximum atomic E-state index is 14.1. The van der Waals surface area contributed by atoms with Crippen molar-refractivity contribution < 1.29 is 33.3 Å². The number of ketones is 1. The van der Waals surface area contributed by atoms with Crippen LogP contribution in [0.2, 0.25) is 0 Å². The first-order valence-electron chi connectivity index (χ1n) is 11.2. The number of fused-ring (bicyclic) bond motifs is 3. The van der Waals surface area contributed by atoms with Crippen molar-refractivity contribution in [3.63, 3.8) is 0 Å². The van der Waals surface area contributed by atoms with E-state index in [9.17, 15) is 28.6 Å². The highest BCUT2D eigenvalue weighted by molar-refractivity contribution is 5.94. The average Bonchev–Trinajstić information content (AvgIpc) is 3.16. The molecule has 3 N–H and O–H groups in total. The highest BCUT2D eigenvalue weighted by Crippen LogP contribution is 2.44. The molecule has 0 radical (unpaired) electrons. The van der Waals surface area contributed by atoms with Gasteiger partial charge in [0.2, 0.25) is 0 Å². The van der Waals surface area contributed by atoms with Crippen LogP contribution in [0.25, 0.3) is 11.1 Å². The van der Waals surface area contributed by atoms with Gasteiger partial charge in [-0.1, -0.05) is 48.5 Å². The summed E-state index contributed by atoms with van der Waals surface area (Å²) in [5.74, 6) is -2.86. The predicted octanol–water partition coefficient (Wildman–Crippen LogP) is 4.49. The van der Waals surface area contributed by atoms with E-state index in [1.807, 2.05) is 48.5 Å². The number of carbonyl (C=O) groups excluding carboxylic acids is 2. The molecule has 0 heterocycles. The van der Waals surface area contributed by atoms with Crippen molar-refractivity contribution in [3.8, 4) is 11.1 Å². The topological polar surface area (TPSA) is 95.9 Å². The molecule has 1 aliphatic carbocycles. The Labute approximate surface area is 201 Å². The predicted molar refractivity (Wildman–Crippen MR) is 125 cm³/mol. The number of rotatable bonds is 8. The molecule has 0 aliphatic heterocycles. The SMILES string of the molecule is CC(=O)c1cc(C(O)C(O)CCNC(=O)OCC2c3ccccc3-c3ccccc32)c(F)cc1F. The molecule has 0 aromatic heterocycles. The molecule has 2 unspecified atom stereocenters. The summed E-state index contributed by atoms with van der Waals surface area (Å²) in [5.41, 5.74) is 3.58. The van der Waals surface area contributed by atoms with Crippen LogP contribution in [0.5, 0.6) is 0 Å². The molecule has 182 valence electrons. The average molecular weight is 481 g/mol. The molecule has 1 aliphatic rings. The zero-order valence-electron chi connectivity index (χ0n) is 19.0. The van der Waals surface area contributed by atoms with E-state index in [4.69, 9.17) is 4.74 Å². The third-order valence-corrected chi connectivity index (χ3v) is 6.20. The van der Waals surface area contributed by atoms with Crippen LogP contribution in [0.4, 0.5) is 13.6 Å². The quantitative estimate of drug-likeness (QED) is 0.412. The number of Topliss-reactive ketones (excluding diaryl/α,β-unsaturated/α-hetero) is 1. The van der Waals surface area contributed by atoms with Gasteiger partial charge >= 0.3 is 6.09 Å². The van der Waals surface area contributed by atoms with Gasteiger partial charge in [-0.15, -0.1) is 0 Å². The first kappa shape index (κ1) is 24.5. The van der Waals surface area contributed by atoms with E-state index in [2.05, 4.69) is 5.32 Å². The van der Waals surface area contributed by atoms with Gasteiger partial charge in [0.15, 0.2) is 5.78 Å². The number of ether oxygens (including phenoxy) is 1. The molecule has 0 saturated carbocycles. The molecule has 8 heteroatoms. The number of benzene rings is 3. The van der Waals surface area contributed by atoms with E-state index >= 15 is 0 Å². The molecular formula is C27H25F2NO5. The van der Waals surface area contributed by atoms with Crippen LogP contribution in [-0.4, -0.2) is 41.3 Å². The summed E-state index contributed by atoms with van der Waals surface area (Å²) in [5, 5.41) is 23.0. The minimum Gasteiger partial charge on any atom is -0.449 e. The summed E-state index contributed by atoms with van der Waals surface area (Å²) in [6.07, 6.45) is -4.00. The second-order valence-electron chi connectivity index (χ2n) is 8.46. The van der Waals surface area contributed by atoms with Crippen LogP contribution in [0.3, 0.4) is 0 Å². The van der Waals surface area contributed by atoms with E-state index in [0.29, 0.717) is 6.07 Å². The number of alkyl carbamates (subject to hydrolysis) is 1. The minimum atomic E-state index is -1.71. The first-order chi connectivity index (χ1) is 16.8. The Morgan fingerprint density at radius 2 is 1.57 bits per heavy atom. The van der Waals surface area contributed by atoms with Crippen LogP contribution < -0.4 is 5.32 Å². The largest absolute Gasteiger partial charge is 0.449 e. The maximum absolute atomic E-state index is 14.1. The van der Waals surface area contributed by atoms with Crippen molar-refractivity contribution in [2.24, 2.45) is 0 Å². The van der Waals surface area contributed by atoms with Crippen molar-refractivity contribution in [3.05, 3.63) is 94.6 Å². The summed E-state index contributed by atoms with van der Waals surface area (Å²) in [4.78, 5) is 23.7. The second kappa shape index (κ2) is 10.3. The molecular weight excluding hydrogens is 456 g/mol. The van der Waals surface area contributed by atoms with Gasteiger partial charge in [-0.05, 0) is 41.7 Å². The molecule has 4 rings (SSSR count). The number of hydrogen-bond acceptors (Lipinski definition) is 5. The molecule has 1 amide bonds. The summed E-state index contributed by atoms with van der Waals surface area (Å²) < 4.78 is 33.2. The highest BCUT2D eigenvalue weighted by Gasteiger charge is 2.29. The van der Waals surface area contributed by atoms with Gasteiger partial charge in [0.05, 0.1) is 11.7 Å². The lowest BCUT2D eigenvalue weighted by molar-refractivity contribution is 0.0115. The molecule has 3 aromatic rings. The summed E-state index contributed by atoms with van der Waals surface area (Å²) in [6.45, 7) is 1.18. The van der Waals surface area contributed by atoms with Gasteiger partial charge in [-0.25, -0.2) is 13.6 Å². The van der Waals surface area contributed by atoms with Crippen LogP contribution in [-0.2, 0) is 4.74 Å². The van der Waals surface area contributed by atoms with E-state index in [1.165, 1.54) is 0 Å². The molecule has 0 spiro atoms. The normalized spacial score (nSPS) is 14.1. The number of nitrogens with one attached hydrogen (secondary N) is 1. The Kier molecular flexibility index (Phi) is 7.23. The lowest BCUT2D eigenvalue weighted by atomic mass is 9.98. The molecule has 2 atom stereocenters. The molecule has 3 aromatic carbocycles. The summed E-state index contributed by atoms with van der Waals surface area (Å²) in [7, 11) is 0. The van der Waals surface area contributed by atoms with Crippen molar-refractivity contribution in [2.75, 3.05) is 13.2 Å². The number of hydrogen-bond donors (Lipinski definition) is 3. The van der Waals surface area contributed by atoms with Crippen molar-refractivity contribution in [1.82, 2.24) is 5.32 Å². The van der Waals surface area contributed by atoms with Crippen LogP contribution in [0.15, 0.2) is 60.7 Å². The molecule has 0 fully saturated rings. The Balaban J connectivity index is 1.31. The molecule has 0 saturated heterocycles. The smallest absolute Gasteiger partial charge is 0.407 e. The number of aliphatic hydroxyl groups is 2. The highest BCUT2D eigenvalue weighted by atomic mass is 19.1. The summed E-state index contributed by atoms with van der Waals surface area (Å²) in [6, 6.07) is 17.3. The zero-order valence-corrected chi connectivity index (χ0v) is 19.0. The van der Waals surface area contributed by atoms with E-state index in [-0.39, 0.29) is 31.1 Å². The third kappa shape index (κ3) is 5.08. The Bertz CT molecular complexity index is 1220. The fourth-order valence-corrected chi connectivity index (χ4v) is 4.40. The standard InChI is InChI=1S/C27H25F2NO5/c1-15(31)20-12-21(24(29)13-23(20)28)26(33)25(32)10-11-30-27(34)35-14-22-18-8-4-2-6-16(18)17-7-3-5-9-19(17)22/h2-9,12-13,22,25-26,32-33H,10-11,14H2,1H3,(H,30,34). The first-order valence-corrected chi connectivity index (χ1v) is 11.2. The van der Waals surface area contributed by atoms with Gasteiger partial charge in [-0.2, -0.15) is 0 Å². The lowest BCUT2D eigenvalue weighted by Gasteiger charge is -2.20. The summed E-state index contributed by atoms with van der Waals surface area (Å²) >= 11 is 0. The fraction of sp³-hybridized carbons (Fsp3) is 0.259. The van der Waals surface area contributed by atoms with Crippen molar-refractivity contribution in [1.29, 1.82) is 0 Å². The number of halogens is 2. The Morgan fingerprint density at radius 3 is 2.17 bits per heavy atom. The Morgan fingerprint density at radius 1 is 0.971 bits per heavy atom. The van der Waals surface area contributed by atoms with Gasteiger partial charge in [0.1, 0.15) is 24.3 Å². The second-order valence-corrected chi connectivity index (χ2v) is 8.46. The van der Waals surface area contributed by atoms with Crippen molar-refractivity contribution >= 4 is 11.9 Å². The van der Waals surface area contributed by atoms with Gasteiger partial charge in [0, 0.05) is 24.1 Å². The third-order valence-electron chi connectivity index (χ3n) is 6.20. The van der Waals surface area contributed by atoms with E-state index in [1.54, 1.807) is 0 Å². The number of amides is 1. The molecule has 6 nitrogen and oxygen atoms in total. The lowest BCUT2D eigenvalue weighted by Crippen LogP contribution is -2.31. The van der Waals surface area contributed by atoms with Crippen LogP contribution in [0, 0.1) is 11.6 Å². The zero-order chi connectivity index (χ0) is 25.1. The van der Waals surface area contributed by atoms with E-state index < -0.39 is 41.3 Å². The van der Waals surface area contributed by atoms with E-state index in [0.717, 1.165) is 35.2 Å².